The summed E-state index contributed by atoms with van der Waals surface area (Å²) in [5, 5.41) is 9.97. The lowest BCUT2D eigenvalue weighted by Crippen LogP contribution is -2.32. The van der Waals surface area contributed by atoms with E-state index in [1.54, 1.807) is 24.0 Å². The maximum Gasteiger partial charge on any atom is 0.265 e. The number of halogens is 1. The lowest BCUT2D eigenvalue weighted by atomic mass is 10.1. The summed E-state index contributed by atoms with van der Waals surface area (Å²) in [5.41, 5.74) is 6.87. The number of nitrogens with one attached hydrogen (secondary N) is 2. The number of aromatic nitrogens is 2. The molecule has 0 radical (unpaired) electrons. The Kier molecular flexibility index (Phi) is 6.32. The van der Waals surface area contributed by atoms with Gasteiger partial charge in [-0.3, -0.25) is 14.7 Å². The Bertz CT molecular complexity index is 1700. The number of hydrogen-bond donors (Lipinski definition) is 2. The number of rotatable bonds is 4. The third kappa shape index (κ3) is 4.64. The largest absolute Gasteiger partial charge is 0.319 e. The number of fused-ring (bicyclic) bond motifs is 3. The maximum atomic E-state index is 14.3. The van der Waals surface area contributed by atoms with E-state index in [2.05, 4.69) is 15.5 Å². The van der Waals surface area contributed by atoms with Crippen LogP contribution < -0.4 is 10.2 Å². The SMILES string of the molecule is Cc1cc(-c2ccc(C(=O)N3CCc4cc(C(=O)Nc5c(C)cccc5F)sc4-c4ccccc43)cc2)n[nH]1. The lowest BCUT2D eigenvalue weighted by Gasteiger charge is -2.23. The van der Waals surface area contributed by atoms with Crippen LogP contribution >= 0.6 is 11.3 Å². The standard InChI is InChI=1S/C31H25FN4O2S/c1-18-6-5-8-24(32)28(18)33-30(37)27-17-22-14-15-36(26-9-4-3-7-23(26)29(22)39-27)31(38)21-12-10-20(11-13-21)25-16-19(2)34-35-25/h3-13,16-17H,14-15H2,1-2H3,(H,33,37)(H,34,35). The quantitative estimate of drug-likeness (QED) is 0.259. The Morgan fingerprint density at radius 2 is 1.79 bits per heavy atom. The molecule has 1 aliphatic rings. The van der Waals surface area contributed by atoms with Gasteiger partial charge in [-0.2, -0.15) is 5.10 Å². The molecular formula is C31H25FN4O2S. The number of aryl methyl sites for hydroxylation is 2. The first-order valence-corrected chi connectivity index (χ1v) is 13.4. The van der Waals surface area contributed by atoms with Crippen molar-refractivity contribution in [2.24, 2.45) is 0 Å². The normalized spacial score (nSPS) is 12.4. The van der Waals surface area contributed by atoms with Crippen LogP contribution in [-0.4, -0.2) is 28.6 Å². The van der Waals surface area contributed by atoms with Crippen LogP contribution in [0.25, 0.3) is 21.7 Å². The van der Waals surface area contributed by atoms with Gasteiger partial charge < -0.3 is 10.2 Å². The van der Waals surface area contributed by atoms with Crippen molar-refractivity contribution in [3.63, 3.8) is 0 Å². The van der Waals surface area contributed by atoms with Crippen LogP contribution in [0.5, 0.6) is 0 Å². The maximum absolute atomic E-state index is 14.3. The molecule has 0 atom stereocenters. The van der Waals surface area contributed by atoms with Crippen LogP contribution in [0.2, 0.25) is 0 Å². The fourth-order valence-electron chi connectivity index (χ4n) is 4.89. The highest BCUT2D eigenvalue weighted by molar-refractivity contribution is 7.17. The van der Waals surface area contributed by atoms with Crippen molar-refractivity contribution >= 4 is 34.5 Å². The van der Waals surface area contributed by atoms with Gasteiger partial charge in [-0.25, -0.2) is 4.39 Å². The molecule has 0 unspecified atom stereocenters. The smallest absolute Gasteiger partial charge is 0.265 e. The average Bonchev–Trinajstić information content (AvgIpc) is 3.54. The number of carbonyl (C=O) groups is 2. The molecule has 0 aliphatic carbocycles. The third-order valence-corrected chi connectivity index (χ3v) is 8.13. The number of nitrogens with zero attached hydrogens (tertiary/aromatic N) is 2. The summed E-state index contributed by atoms with van der Waals surface area (Å²) < 4.78 is 14.3. The number of carbonyl (C=O) groups excluding carboxylic acids is 2. The molecule has 39 heavy (non-hydrogen) atoms. The predicted octanol–water partition coefficient (Wildman–Crippen LogP) is 7.02. The zero-order chi connectivity index (χ0) is 27.1. The van der Waals surface area contributed by atoms with Crippen molar-refractivity contribution in [2.75, 3.05) is 16.8 Å². The Morgan fingerprint density at radius 3 is 2.54 bits per heavy atom. The molecule has 0 saturated heterocycles. The van der Waals surface area contributed by atoms with Crippen LogP contribution in [-0.2, 0) is 6.42 Å². The second kappa shape index (κ2) is 9.96. The summed E-state index contributed by atoms with van der Waals surface area (Å²) in [7, 11) is 0. The highest BCUT2D eigenvalue weighted by Crippen LogP contribution is 2.42. The number of para-hydroxylation sites is 2. The van der Waals surface area contributed by atoms with Gasteiger partial charge in [0.15, 0.2) is 0 Å². The highest BCUT2D eigenvalue weighted by Gasteiger charge is 2.28. The topological polar surface area (TPSA) is 78.1 Å². The number of thiophene rings is 1. The minimum atomic E-state index is -0.464. The van der Waals surface area contributed by atoms with Crippen molar-refractivity contribution in [3.05, 3.63) is 112 Å². The zero-order valence-corrected chi connectivity index (χ0v) is 22.2. The van der Waals surface area contributed by atoms with Crippen molar-refractivity contribution in [1.82, 2.24) is 10.2 Å². The van der Waals surface area contributed by atoms with E-state index in [0.29, 0.717) is 29.0 Å². The van der Waals surface area contributed by atoms with Gasteiger partial charge in [0.2, 0.25) is 0 Å². The molecule has 6 rings (SSSR count). The van der Waals surface area contributed by atoms with Crippen molar-refractivity contribution < 1.29 is 14.0 Å². The Balaban J connectivity index is 1.29. The molecule has 8 heteroatoms. The van der Waals surface area contributed by atoms with Crippen LogP contribution in [0.1, 0.15) is 36.9 Å². The van der Waals surface area contributed by atoms with Gasteiger partial charge in [0, 0.05) is 33.8 Å². The third-order valence-electron chi connectivity index (χ3n) is 6.92. The first-order valence-electron chi connectivity index (χ1n) is 12.6. The van der Waals surface area contributed by atoms with E-state index in [0.717, 1.165) is 38.6 Å². The number of amides is 2. The zero-order valence-electron chi connectivity index (χ0n) is 21.4. The number of benzene rings is 3. The van der Waals surface area contributed by atoms with E-state index in [1.807, 2.05) is 67.6 Å². The minimum absolute atomic E-state index is 0.0876. The molecule has 0 saturated carbocycles. The molecule has 2 aromatic heterocycles. The first kappa shape index (κ1) is 24.8. The second-order valence-corrected chi connectivity index (χ2v) is 10.6. The van der Waals surface area contributed by atoms with E-state index in [9.17, 15) is 14.0 Å². The summed E-state index contributed by atoms with van der Waals surface area (Å²) in [4.78, 5) is 30.0. The molecule has 0 spiro atoms. The van der Waals surface area contributed by atoms with Crippen LogP contribution in [0.3, 0.4) is 0 Å². The van der Waals surface area contributed by atoms with Crippen molar-refractivity contribution in [2.45, 2.75) is 20.3 Å². The molecule has 0 fully saturated rings. The average molecular weight is 537 g/mol. The van der Waals surface area contributed by atoms with Gasteiger partial charge in [-0.15, -0.1) is 11.3 Å². The Hall–Kier alpha value is -4.56. The van der Waals surface area contributed by atoms with E-state index in [-0.39, 0.29) is 17.5 Å². The monoisotopic (exact) mass is 536 g/mol. The number of H-pyrrole nitrogens is 1. The predicted molar refractivity (Wildman–Crippen MR) is 153 cm³/mol. The summed E-state index contributed by atoms with van der Waals surface area (Å²) in [5.74, 6) is -0.900. The van der Waals surface area contributed by atoms with Gasteiger partial charge >= 0.3 is 0 Å². The molecule has 194 valence electrons. The fraction of sp³-hybridized carbons (Fsp3) is 0.129. The number of anilines is 2. The molecule has 3 heterocycles. The molecule has 5 aromatic rings. The molecule has 1 aliphatic heterocycles. The highest BCUT2D eigenvalue weighted by atomic mass is 32.1. The summed E-state index contributed by atoms with van der Waals surface area (Å²) >= 11 is 1.36. The lowest BCUT2D eigenvalue weighted by molar-refractivity contribution is 0.0985. The first-order chi connectivity index (χ1) is 18.9. The Morgan fingerprint density at radius 1 is 1.00 bits per heavy atom. The van der Waals surface area contributed by atoms with E-state index < -0.39 is 5.82 Å². The van der Waals surface area contributed by atoms with Crippen LogP contribution in [0, 0.1) is 19.7 Å². The second-order valence-electron chi connectivity index (χ2n) is 9.59. The van der Waals surface area contributed by atoms with E-state index >= 15 is 0 Å². The van der Waals surface area contributed by atoms with Crippen molar-refractivity contribution in [1.29, 1.82) is 0 Å². The number of aromatic amines is 1. The molecule has 2 N–H and O–H groups in total. The van der Waals surface area contributed by atoms with Gasteiger partial charge in [-0.1, -0.05) is 42.5 Å². The summed E-state index contributed by atoms with van der Waals surface area (Å²) in [6.45, 7) is 4.17. The summed E-state index contributed by atoms with van der Waals surface area (Å²) in [6.07, 6.45) is 0.586. The molecule has 6 nitrogen and oxygen atoms in total. The van der Waals surface area contributed by atoms with Gasteiger partial charge in [0.25, 0.3) is 11.8 Å². The van der Waals surface area contributed by atoms with Gasteiger partial charge in [0.05, 0.1) is 21.9 Å². The molecule has 2 amide bonds. The minimum Gasteiger partial charge on any atom is -0.319 e. The van der Waals surface area contributed by atoms with Gasteiger partial charge in [-0.05, 0) is 67.8 Å². The van der Waals surface area contributed by atoms with Gasteiger partial charge in [0.1, 0.15) is 5.82 Å². The van der Waals surface area contributed by atoms with E-state index in [4.69, 9.17) is 0 Å². The van der Waals surface area contributed by atoms with Crippen LogP contribution in [0.4, 0.5) is 15.8 Å². The van der Waals surface area contributed by atoms with Crippen molar-refractivity contribution in [3.8, 4) is 21.7 Å². The molecule has 0 bridgehead atoms. The van der Waals surface area contributed by atoms with Crippen LogP contribution in [0.15, 0.2) is 78.9 Å². The fourth-order valence-corrected chi connectivity index (χ4v) is 6.03. The van der Waals surface area contributed by atoms with E-state index in [1.165, 1.54) is 17.4 Å². The summed E-state index contributed by atoms with van der Waals surface area (Å²) in [6, 6.07) is 23.8. The number of hydrogen-bond acceptors (Lipinski definition) is 4. The Labute approximate surface area is 229 Å². The molecule has 3 aromatic carbocycles. The molecular weight excluding hydrogens is 511 g/mol.